The molecule has 0 aliphatic rings. The van der Waals surface area contributed by atoms with Crippen LogP contribution in [0.4, 0.5) is 0 Å². The van der Waals surface area contributed by atoms with Crippen molar-refractivity contribution in [3.63, 3.8) is 0 Å². The van der Waals surface area contributed by atoms with Crippen LogP contribution < -0.4 is 5.32 Å². The number of carbonyl (C=O) groups excluding carboxylic acids is 2. The molecule has 6 nitrogen and oxygen atoms in total. The summed E-state index contributed by atoms with van der Waals surface area (Å²) >= 11 is 0. The zero-order chi connectivity index (χ0) is 16.8. The molecular weight excluding hydrogens is 292 g/mol. The number of carbonyl (C=O) groups is 2. The Bertz CT molecular complexity index is 676. The summed E-state index contributed by atoms with van der Waals surface area (Å²) < 4.78 is 0. The predicted molar refractivity (Wildman–Crippen MR) is 88.2 cm³/mol. The van der Waals surface area contributed by atoms with Crippen molar-refractivity contribution >= 4 is 11.8 Å². The number of aromatic amines is 1. The van der Waals surface area contributed by atoms with E-state index in [1.807, 2.05) is 12.1 Å². The van der Waals surface area contributed by atoms with Gasteiger partial charge in [0.05, 0.1) is 0 Å². The third-order valence-electron chi connectivity index (χ3n) is 3.58. The second-order valence-electron chi connectivity index (χ2n) is 5.47. The molecule has 1 aromatic heterocycles. The van der Waals surface area contributed by atoms with Gasteiger partial charge in [0.15, 0.2) is 0 Å². The summed E-state index contributed by atoms with van der Waals surface area (Å²) in [5, 5.41) is 9.55. The number of nitrogens with one attached hydrogen (secondary N) is 2. The molecule has 0 bridgehead atoms. The summed E-state index contributed by atoms with van der Waals surface area (Å²) in [6.45, 7) is 2.54. The minimum atomic E-state index is -0.126. The van der Waals surface area contributed by atoms with Gasteiger partial charge in [-0.2, -0.15) is 5.10 Å². The smallest absolute Gasteiger partial charge is 0.274 e. The second kappa shape index (κ2) is 7.58. The van der Waals surface area contributed by atoms with Crippen LogP contribution >= 0.6 is 0 Å². The Balaban J connectivity index is 2.01. The molecule has 0 radical (unpaired) electrons. The van der Waals surface area contributed by atoms with Crippen LogP contribution in [0.3, 0.4) is 0 Å². The Morgan fingerprint density at radius 1 is 1.26 bits per heavy atom. The molecule has 0 atom stereocenters. The normalized spacial score (nSPS) is 10.4. The van der Waals surface area contributed by atoms with E-state index in [1.54, 1.807) is 37.2 Å². The van der Waals surface area contributed by atoms with Crippen LogP contribution in [0, 0.1) is 0 Å². The van der Waals surface area contributed by atoms with E-state index < -0.39 is 0 Å². The van der Waals surface area contributed by atoms with Gasteiger partial charge >= 0.3 is 0 Å². The van der Waals surface area contributed by atoms with Gasteiger partial charge in [-0.15, -0.1) is 0 Å². The van der Waals surface area contributed by atoms with Crippen molar-refractivity contribution in [2.75, 3.05) is 14.1 Å². The van der Waals surface area contributed by atoms with Gasteiger partial charge in [-0.05, 0) is 30.2 Å². The Morgan fingerprint density at radius 2 is 1.96 bits per heavy atom. The van der Waals surface area contributed by atoms with E-state index in [2.05, 4.69) is 22.4 Å². The van der Waals surface area contributed by atoms with Gasteiger partial charge < -0.3 is 10.2 Å². The molecule has 0 spiro atoms. The monoisotopic (exact) mass is 314 g/mol. The van der Waals surface area contributed by atoms with Crippen molar-refractivity contribution < 1.29 is 9.59 Å². The molecule has 0 saturated carbocycles. The lowest BCUT2D eigenvalue weighted by atomic mass is 10.1. The standard InChI is InChI=1S/C17H22N4O2/c1-4-5-14-10-15(20-19-14)17(23)21(3)11-12-6-8-13(9-7-12)16(22)18-2/h6-10H,4-5,11H2,1-3H3,(H,18,22)(H,19,20). The van der Waals surface area contributed by atoms with Gasteiger partial charge in [0.25, 0.3) is 11.8 Å². The molecule has 0 saturated heterocycles. The van der Waals surface area contributed by atoms with Crippen LogP contribution in [0.15, 0.2) is 30.3 Å². The van der Waals surface area contributed by atoms with Crippen LogP contribution in [0.1, 0.15) is 45.4 Å². The molecule has 2 aromatic rings. The number of amides is 2. The predicted octanol–water partition coefficient (Wildman–Crippen LogP) is 1.99. The molecular formula is C17H22N4O2. The lowest BCUT2D eigenvalue weighted by Crippen LogP contribution is -2.26. The average molecular weight is 314 g/mol. The largest absolute Gasteiger partial charge is 0.355 e. The maximum atomic E-state index is 12.4. The summed E-state index contributed by atoms with van der Waals surface area (Å²) in [7, 11) is 3.34. The number of aromatic nitrogens is 2. The quantitative estimate of drug-likeness (QED) is 0.856. The minimum absolute atomic E-state index is 0.124. The molecule has 1 heterocycles. The zero-order valence-corrected chi connectivity index (χ0v) is 13.7. The fourth-order valence-electron chi connectivity index (χ4n) is 2.32. The first-order valence-corrected chi connectivity index (χ1v) is 7.66. The fourth-order valence-corrected chi connectivity index (χ4v) is 2.32. The van der Waals surface area contributed by atoms with Gasteiger partial charge in [-0.3, -0.25) is 14.7 Å². The van der Waals surface area contributed by atoms with Crippen LogP contribution in [0.5, 0.6) is 0 Å². The summed E-state index contributed by atoms with van der Waals surface area (Å²) in [5.74, 6) is -0.250. The molecule has 122 valence electrons. The van der Waals surface area contributed by atoms with Gasteiger partial charge in [0.2, 0.25) is 0 Å². The van der Waals surface area contributed by atoms with Gasteiger partial charge in [0, 0.05) is 31.9 Å². The second-order valence-corrected chi connectivity index (χ2v) is 5.47. The average Bonchev–Trinajstić information content (AvgIpc) is 3.03. The van der Waals surface area contributed by atoms with Crippen LogP contribution in [-0.4, -0.2) is 41.0 Å². The molecule has 2 rings (SSSR count). The summed E-state index contributed by atoms with van der Waals surface area (Å²) in [6.07, 6.45) is 1.88. The highest BCUT2D eigenvalue weighted by Crippen LogP contribution is 2.10. The van der Waals surface area contributed by atoms with Crippen LogP contribution in [-0.2, 0) is 13.0 Å². The van der Waals surface area contributed by atoms with E-state index in [-0.39, 0.29) is 11.8 Å². The zero-order valence-electron chi connectivity index (χ0n) is 13.7. The van der Waals surface area contributed by atoms with E-state index in [0.29, 0.717) is 17.8 Å². The molecule has 0 unspecified atom stereocenters. The van der Waals surface area contributed by atoms with Gasteiger partial charge in [-0.25, -0.2) is 0 Å². The molecule has 0 fully saturated rings. The lowest BCUT2D eigenvalue weighted by Gasteiger charge is -2.16. The summed E-state index contributed by atoms with van der Waals surface area (Å²) in [6, 6.07) is 9.00. The molecule has 6 heteroatoms. The van der Waals surface area contributed by atoms with Crippen molar-refractivity contribution in [2.45, 2.75) is 26.3 Å². The topological polar surface area (TPSA) is 78.1 Å². The number of nitrogens with zero attached hydrogens (tertiary/aromatic N) is 2. The summed E-state index contributed by atoms with van der Waals surface area (Å²) in [4.78, 5) is 25.5. The van der Waals surface area contributed by atoms with Crippen molar-refractivity contribution in [3.05, 3.63) is 52.8 Å². The number of benzene rings is 1. The Kier molecular flexibility index (Phi) is 5.51. The van der Waals surface area contributed by atoms with E-state index in [4.69, 9.17) is 0 Å². The van der Waals surface area contributed by atoms with Crippen molar-refractivity contribution in [2.24, 2.45) is 0 Å². The van der Waals surface area contributed by atoms with Crippen molar-refractivity contribution in [1.82, 2.24) is 20.4 Å². The highest BCUT2D eigenvalue weighted by molar-refractivity contribution is 5.94. The Morgan fingerprint density at radius 3 is 2.57 bits per heavy atom. The van der Waals surface area contributed by atoms with Crippen LogP contribution in [0.25, 0.3) is 0 Å². The summed E-state index contributed by atoms with van der Waals surface area (Å²) in [5.41, 5.74) is 2.96. The van der Waals surface area contributed by atoms with Crippen molar-refractivity contribution in [1.29, 1.82) is 0 Å². The molecule has 1 aromatic carbocycles. The number of aryl methyl sites for hydroxylation is 1. The third kappa shape index (κ3) is 4.18. The number of rotatable bonds is 6. The first-order chi connectivity index (χ1) is 11.0. The van der Waals surface area contributed by atoms with Gasteiger partial charge in [-0.1, -0.05) is 25.5 Å². The minimum Gasteiger partial charge on any atom is -0.355 e. The SMILES string of the molecule is CCCc1cc(C(=O)N(C)Cc2ccc(C(=O)NC)cc2)n[nH]1. The number of hydrogen-bond donors (Lipinski definition) is 2. The molecule has 2 N–H and O–H groups in total. The first-order valence-electron chi connectivity index (χ1n) is 7.66. The highest BCUT2D eigenvalue weighted by atomic mass is 16.2. The Hall–Kier alpha value is -2.63. The number of hydrogen-bond acceptors (Lipinski definition) is 3. The third-order valence-corrected chi connectivity index (χ3v) is 3.58. The maximum absolute atomic E-state index is 12.4. The van der Waals surface area contributed by atoms with Crippen molar-refractivity contribution in [3.8, 4) is 0 Å². The molecule has 0 aliphatic carbocycles. The van der Waals surface area contributed by atoms with E-state index >= 15 is 0 Å². The molecule has 2 amide bonds. The lowest BCUT2D eigenvalue weighted by molar-refractivity contribution is 0.0778. The number of H-pyrrole nitrogens is 1. The Labute approximate surface area is 135 Å². The molecule has 23 heavy (non-hydrogen) atoms. The van der Waals surface area contributed by atoms with Crippen LogP contribution in [0.2, 0.25) is 0 Å². The maximum Gasteiger partial charge on any atom is 0.274 e. The highest BCUT2D eigenvalue weighted by Gasteiger charge is 2.15. The molecule has 0 aliphatic heterocycles. The van der Waals surface area contributed by atoms with Gasteiger partial charge in [0.1, 0.15) is 5.69 Å². The first kappa shape index (κ1) is 16.7. The van der Waals surface area contributed by atoms with E-state index in [0.717, 1.165) is 24.1 Å². The van der Waals surface area contributed by atoms with E-state index in [9.17, 15) is 9.59 Å². The fraction of sp³-hybridized carbons (Fsp3) is 0.353. The van der Waals surface area contributed by atoms with E-state index in [1.165, 1.54) is 0 Å².